The molecule has 3 amide bonds. The van der Waals surface area contributed by atoms with Gasteiger partial charge in [0.25, 0.3) is 11.1 Å². The molecule has 2 aliphatic rings. The second-order valence-electron chi connectivity index (χ2n) is 8.98. The number of aromatic nitrogens is 2. The molecule has 0 atom stereocenters. The van der Waals surface area contributed by atoms with E-state index in [4.69, 9.17) is 14.2 Å². The summed E-state index contributed by atoms with van der Waals surface area (Å²) >= 11 is 0.870. The number of imide groups is 1. The normalized spacial score (nSPS) is 16.7. The maximum atomic E-state index is 12.4. The van der Waals surface area contributed by atoms with Crippen molar-refractivity contribution in [2.45, 2.75) is 32.5 Å². The van der Waals surface area contributed by atoms with E-state index in [1.54, 1.807) is 35.2 Å². The van der Waals surface area contributed by atoms with Gasteiger partial charge in [0.05, 0.1) is 10.5 Å². The number of hydrogen-bond donors (Lipinski definition) is 1. The molecule has 10 nitrogen and oxygen atoms in total. The van der Waals surface area contributed by atoms with Crippen molar-refractivity contribution >= 4 is 35.1 Å². The summed E-state index contributed by atoms with van der Waals surface area (Å²) in [5.41, 5.74) is 2.36. The first kappa shape index (κ1) is 26.2. The highest BCUT2D eigenvalue weighted by Gasteiger charge is 2.27. The van der Waals surface area contributed by atoms with Crippen molar-refractivity contribution in [2.24, 2.45) is 0 Å². The van der Waals surface area contributed by atoms with Crippen LogP contribution in [0.15, 0.2) is 65.8 Å². The zero-order chi connectivity index (χ0) is 27.2. The molecule has 2 aliphatic heterocycles. The van der Waals surface area contributed by atoms with Crippen LogP contribution in [0.25, 0.3) is 6.08 Å². The molecule has 0 spiro atoms. The van der Waals surface area contributed by atoms with Crippen LogP contribution in [-0.4, -0.2) is 51.3 Å². The second-order valence-corrected chi connectivity index (χ2v) is 9.99. The maximum Gasteiger partial charge on any atom is 0.410 e. The van der Waals surface area contributed by atoms with Gasteiger partial charge in [-0.05, 0) is 48.0 Å². The number of nitrogens with one attached hydrogen (secondary N) is 1. The van der Waals surface area contributed by atoms with E-state index in [9.17, 15) is 14.4 Å². The third-order valence-corrected chi connectivity index (χ3v) is 7.02. The minimum Gasteiger partial charge on any atom is -0.474 e. The number of piperidine rings is 1. The summed E-state index contributed by atoms with van der Waals surface area (Å²) in [7, 11) is 0. The third-order valence-electron chi connectivity index (χ3n) is 6.21. The second kappa shape index (κ2) is 12.0. The number of nitrogens with zero attached hydrogens (tertiary/aromatic N) is 3. The standard InChI is InChI=1S/C28H26N4O6S/c1-18-25(37-21-9-7-19(8-10-21)15-23-24(33)31-27(34)39-23)29-17-30-26(18)38-22-11-13-32(14-12-22)28(35)36-16-20-5-3-2-4-6-20/h2-10,15,17,22H,11-14,16H2,1H3,(H,31,33,34)/b23-15-. The summed E-state index contributed by atoms with van der Waals surface area (Å²) in [6.07, 6.45) is 3.91. The van der Waals surface area contributed by atoms with Crippen molar-refractivity contribution in [3.63, 3.8) is 0 Å². The molecule has 11 heteroatoms. The van der Waals surface area contributed by atoms with Crippen LogP contribution in [-0.2, 0) is 16.1 Å². The van der Waals surface area contributed by atoms with E-state index in [0.29, 0.717) is 53.9 Å². The van der Waals surface area contributed by atoms with Gasteiger partial charge >= 0.3 is 6.09 Å². The van der Waals surface area contributed by atoms with Gasteiger partial charge < -0.3 is 19.1 Å². The third kappa shape index (κ3) is 6.74. The van der Waals surface area contributed by atoms with Crippen molar-refractivity contribution in [2.75, 3.05) is 13.1 Å². The van der Waals surface area contributed by atoms with Crippen LogP contribution in [0, 0.1) is 6.92 Å². The lowest BCUT2D eigenvalue weighted by Crippen LogP contribution is -2.42. The van der Waals surface area contributed by atoms with Crippen LogP contribution in [0.1, 0.15) is 29.5 Å². The van der Waals surface area contributed by atoms with Crippen molar-refractivity contribution in [1.29, 1.82) is 0 Å². The van der Waals surface area contributed by atoms with Crippen LogP contribution >= 0.6 is 11.8 Å². The van der Waals surface area contributed by atoms with Crippen LogP contribution in [0.2, 0.25) is 0 Å². The van der Waals surface area contributed by atoms with Gasteiger partial charge in [0.15, 0.2) is 0 Å². The molecular weight excluding hydrogens is 520 g/mol. The number of carbonyl (C=O) groups excluding carboxylic acids is 3. The first-order valence-electron chi connectivity index (χ1n) is 12.4. The molecular formula is C28H26N4O6S. The topological polar surface area (TPSA) is 120 Å². The van der Waals surface area contributed by atoms with Crippen LogP contribution in [0.4, 0.5) is 9.59 Å². The van der Waals surface area contributed by atoms with Gasteiger partial charge in [-0.15, -0.1) is 0 Å². The predicted octanol–water partition coefficient (Wildman–Crippen LogP) is 5.08. The number of benzene rings is 2. The average Bonchev–Trinajstić information content (AvgIpc) is 3.27. The molecule has 200 valence electrons. The van der Waals surface area contributed by atoms with E-state index in [0.717, 1.165) is 22.9 Å². The van der Waals surface area contributed by atoms with Crippen molar-refractivity contribution in [1.82, 2.24) is 20.2 Å². The molecule has 3 aromatic rings. The van der Waals surface area contributed by atoms with E-state index in [1.165, 1.54) is 6.33 Å². The molecule has 0 aliphatic carbocycles. The van der Waals surface area contributed by atoms with Gasteiger partial charge in [-0.1, -0.05) is 42.5 Å². The summed E-state index contributed by atoms with van der Waals surface area (Å²) < 4.78 is 17.5. The highest BCUT2D eigenvalue weighted by atomic mass is 32.2. The van der Waals surface area contributed by atoms with Gasteiger partial charge in [-0.25, -0.2) is 14.8 Å². The molecule has 0 saturated carbocycles. The fourth-order valence-electron chi connectivity index (χ4n) is 4.08. The lowest BCUT2D eigenvalue weighted by molar-refractivity contribution is -0.115. The number of carbonyl (C=O) groups is 3. The highest BCUT2D eigenvalue weighted by Crippen LogP contribution is 2.30. The molecule has 1 N–H and O–H groups in total. The predicted molar refractivity (Wildman–Crippen MR) is 144 cm³/mol. The van der Waals surface area contributed by atoms with Crippen LogP contribution < -0.4 is 14.8 Å². The zero-order valence-corrected chi connectivity index (χ0v) is 22.0. The Bertz CT molecular complexity index is 1390. The maximum absolute atomic E-state index is 12.4. The van der Waals surface area contributed by atoms with E-state index in [2.05, 4.69) is 15.3 Å². The van der Waals surface area contributed by atoms with Crippen LogP contribution in [0.5, 0.6) is 17.5 Å². The van der Waals surface area contributed by atoms with Gasteiger partial charge in [0, 0.05) is 25.9 Å². The lowest BCUT2D eigenvalue weighted by Gasteiger charge is -2.31. The molecule has 0 bridgehead atoms. The Morgan fingerprint density at radius 1 is 1.05 bits per heavy atom. The molecule has 39 heavy (non-hydrogen) atoms. The van der Waals surface area contributed by atoms with E-state index in [1.807, 2.05) is 37.3 Å². The molecule has 0 radical (unpaired) electrons. The van der Waals surface area contributed by atoms with E-state index < -0.39 is 5.91 Å². The Morgan fingerprint density at radius 2 is 1.77 bits per heavy atom. The molecule has 2 aromatic carbocycles. The Balaban J connectivity index is 1.14. The number of ether oxygens (including phenoxy) is 3. The summed E-state index contributed by atoms with van der Waals surface area (Å²) in [6, 6.07) is 16.7. The number of likely N-dealkylation sites (tertiary alicyclic amines) is 1. The van der Waals surface area contributed by atoms with Gasteiger partial charge in [0.2, 0.25) is 11.8 Å². The molecule has 5 rings (SSSR count). The smallest absolute Gasteiger partial charge is 0.410 e. The Hall–Kier alpha value is -4.38. The van der Waals surface area contributed by atoms with Crippen molar-refractivity contribution in [3.05, 3.63) is 82.5 Å². The molecule has 0 unspecified atom stereocenters. The average molecular weight is 547 g/mol. The summed E-state index contributed by atoms with van der Waals surface area (Å²) in [5.74, 6) is 0.944. The van der Waals surface area contributed by atoms with Gasteiger partial charge in [0.1, 0.15) is 24.8 Å². The fraction of sp³-hybridized carbons (Fsp3) is 0.250. The molecule has 2 saturated heterocycles. The monoisotopic (exact) mass is 546 g/mol. The quantitative estimate of drug-likeness (QED) is 0.405. The van der Waals surface area contributed by atoms with E-state index >= 15 is 0 Å². The Kier molecular flexibility index (Phi) is 8.07. The molecule has 1 aromatic heterocycles. The Labute approximate surface area is 229 Å². The molecule has 2 fully saturated rings. The van der Waals surface area contributed by atoms with Crippen LogP contribution in [0.3, 0.4) is 0 Å². The minimum atomic E-state index is -0.400. The van der Waals surface area contributed by atoms with Gasteiger partial charge in [-0.3, -0.25) is 14.9 Å². The SMILES string of the molecule is Cc1c(Oc2ccc(/C=C3\SC(=O)NC3=O)cc2)ncnc1OC1CCN(C(=O)OCc2ccccc2)CC1. The highest BCUT2D eigenvalue weighted by molar-refractivity contribution is 8.18. The van der Waals surface area contributed by atoms with Crippen molar-refractivity contribution < 1.29 is 28.6 Å². The summed E-state index contributed by atoms with van der Waals surface area (Å²) in [6.45, 7) is 3.13. The number of rotatable bonds is 7. The number of thioether (sulfide) groups is 1. The minimum absolute atomic E-state index is 0.102. The lowest BCUT2D eigenvalue weighted by atomic mass is 10.1. The first-order chi connectivity index (χ1) is 18.9. The van der Waals surface area contributed by atoms with Gasteiger partial charge in [-0.2, -0.15) is 0 Å². The number of amides is 3. The zero-order valence-electron chi connectivity index (χ0n) is 21.2. The van der Waals surface area contributed by atoms with E-state index in [-0.39, 0.29) is 24.0 Å². The Morgan fingerprint density at radius 3 is 2.46 bits per heavy atom. The fourth-order valence-corrected chi connectivity index (χ4v) is 4.76. The van der Waals surface area contributed by atoms with Crippen molar-refractivity contribution in [3.8, 4) is 17.5 Å². The largest absolute Gasteiger partial charge is 0.474 e. The molecule has 3 heterocycles. The summed E-state index contributed by atoms with van der Waals surface area (Å²) in [4.78, 5) is 46.1. The summed E-state index contributed by atoms with van der Waals surface area (Å²) in [5, 5.41) is 1.85. The first-order valence-corrected chi connectivity index (χ1v) is 13.2. The number of hydrogen-bond acceptors (Lipinski definition) is 9.